The van der Waals surface area contributed by atoms with Crippen molar-refractivity contribution in [2.24, 2.45) is 0 Å². The molecule has 3 aromatic rings. The molecule has 5 nitrogen and oxygen atoms in total. The highest BCUT2D eigenvalue weighted by Gasteiger charge is 2.17. The zero-order valence-electron chi connectivity index (χ0n) is 14.3. The Hall–Kier alpha value is -2.93. The summed E-state index contributed by atoms with van der Waals surface area (Å²) in [5, 5.41) is 3.01. The van der Waals surface area contributed by atoms with Gasteiger partial charge in [0.15, 0.2) is 0 Å². The summed E-state index contributed by atoms with van der Waals surface area (Å²) in [6.07, 6.45) is 1.42. The quantitative estimate of drug-likeness (QED) is 0.698. The number of aromatic nitrogens is 1. The summed E-state index contributed by atoms with van der Waals surface area (Å²) in [6, 6.07) is 14.3. The topological polar surface area (TPSA) is 71.1 Å². The summed E-state index contributed by atoms with van der Waals surface area (Å²) in [5.41, 5.74) is 2.72. The summed E-state index contributed by atoms with van der Waals surface area (Å²) in [4.78, 5) is 4.41. The first-order valence-corrected chi connectivity index (χ1v) is 9.40. The van der Waals surface area contributed by atoms with Gasteiger partial charge in [-0.3, -0.25) is 4.72 Å². The molecule has 2 N–H and O–H groups in total. The summed E-state index contributed by atoms with van der Waals surface area (Å²) < 4.78 is 40.5. The first kappa shape index (κ1) is 17.9. The van der Waals surface area contributed by atoms with E-state index in [1.165, 1.54) is 18.3 Å². The lowest BCUT2D eigenvalue weighted by molar-refractivity contribution is 0.600. The van der Waals surface area contributed by atoms with Crippen LogP contribution >= 0.6 is 0 Å². The molecule has 134 valence electrons. The Morgan fingerprint density at radius 1 is 0.923 bits per heavy atom. The van der Waals surface area contributed by atoms with Gasteiger partial charge in [-0.05, 0) is 61.9 Å². The molecule has 1 aromatic heterocycles. The number of pyridine rings is 1. The summed E-state index contributed by atoms with van der Waals surface area (Å²) in [6.45, 7) is 3.67. The highest BCUT2D eigenvalue weighted by molar-refractivity contribution is 7.92. The average molecular weight is 371 g/mol. The fraction of sp³-hybridized carbons (Fsp3) is 0.105. The molecule has 0 amide bonds. The molecule has 0 bridgehead atoms. The highest BCUT2D eigenvalue weighted by Crippen LogP contribution is 2.21. The van der Waals surface area contributed by atoms with E-state index in [4.69, 9.17) is 0 Å². The Morgan fingerprint density at radius 3 is 2.23 bits per heavy atom. The predicted octanol–water partition coefficient (Wildman–Crippen LogP) is 4.38. The van der Waals surface area contributed by atoms with Gasteiger partial charge in [0.05, 0.1) is 16.8 Å². The number of hydrogen-bond acceptors (Lipinski definition) is 4. The molecule has 0 spiro atoms. The molecule has 2 aromatic carbocycles. The smallest absolute Gasteiger partial charge is 0.262 e. The number of benzene rings is 2. The lowest BCUT2D eigenvalue weighted by Gasteiger charge is -2.11. The predicted molar refractivity (Wildman–Crippen MR) is 101 cm³/mol. The number of rotatable bonds is 5. The minimum Gasteiger partial charge on any atom is -0.340 e. The van der Waals surface area contributed by atoms with Crippen LogP contribution in [0.3, 0.4) is 0 Å². The zero-order chi connectivity index (χ0) is 18.7. The molecule has 0 saturated heterocycles. The van der Waals surface area contributed by atoms with Crippen LogP contribution in [0, 0.1) is 19.7 Å². The molecule has 0 aliphatic heterocycles. The molecule has 1 heterocycles. The normalized spacial score (nSPS) is 11.2. The van der Waals surface area contributed by atoms with Gasteiger partial charge in [-0.2, -0.15) is 0 Å². The Labute approximate surface area is 152 Å². The van der Waals surface area contributed by atoms with Crippen molar-refractivity contribution >= 4 is 27.2 Å². The van der Waals surface area contributed by atoms with Crippen LogP contribution in [0.25, 0.3) is 0 Å². The van der Waals surface area contributed by atoms with Gasteiger partial charge in [0.25, 0.3) is 10.0 Å². The number of aryl methyl sites for hydroxylation is 2. The van der Waals surface area contributed by atoms with E-state index in [2.05, 4.69) is 15.0 Å². The fourth-order valence-corrected chi connectivity index (χ4v) is 3.79. The van der Waals surface area contributed by atoms with Crippen LogP contribution in [0.1, 0.15) is 11.1 Å². The van der Waals surface area contributed by atoms with E-state index in [-0.39, 0.29) is 10.7 Å². The molecule has 0 unspecified atom stereocenters. The standard InChI is InChI=1S/C19H18FN3O2S/c1-13-3-9-18(14(2)11-13)26(24,25)23-17-8-10-19(21-12-17)22-16-6-4-15(20)5-7-16/h3-12,23H,1-2H3,(H,21,22). The van der Waals surface area contributed by atoms with E-state index in [1.54, 1.807) is 43.3 Å². The highest BCUT2D eigenvalue weighted by atomic mass is 32.2. The molecule has 0 fully saturated rings. The third-order valence-corrected chi connectivity index (χ3v) is 5.29. The van der Waals surface area contributed by atoms with Gasteiger partial charge in [0, 0.05) is 5.69 Å². The van der Waals surface area contributed by atoms with Crippen LogP contribution in [-0.2, 0) is 10.0 Å². The van der Waals surface area contributed by atoms with Gasteiger partial charge >= 0.3 is 0 Å². The average Bonchev–Trinajstić information content (AvgIpc) is 2.58. The van der Waals surface area contributed by atoms with Crippen LogP contribution in [0.15, 0.2) is 65.7 Å². The van der Waals surface area contributed by atoms with Crippen molar-refractivity contribution in [3.63, 3.8) is 0 Å². The zero-order valence-corrected chi connectivity index (χ0v) is 15.1. The molecule has 0 aliphatic carbocycles. The summed E-state index contributed by atoms with van der Waals surface area (Å²) >= 11 is 0. The van der Waals surface area contributed by atoms with Crippen LogP contribution in [0.5, 0.6) is 0 Å². The number of nitrogens with one attached hydrogen (secondary N) is 2. The van der Waals surface area contributed by atoms with Crippen molar-refractivity contribution in [2.45, 2.75) is 18.7 Å². The SMILES string of the molecule is Cc1ccc(S(=O)(=O)Nc2ccc(Nc3ccc(F)cc3)nc2)c(C)c1. The van der Waals surface area contributed by atoms with E-state index in [9.17, 15) is 12.8 Å². The molecule has 7 heteroatoms. The van der Waals surface area contributed by atoms with Gasteiger partial charge in [-0.15, -0.1) is 0 Å². The van der Waals surface area contributed by atoms with E-state index >= 15 is 0 Å². The van der Waals surface area contributed by atoms with Crippen LogP contribution in [0.4, 0.5) is 21.6 Å². The lowest BCUT2D eigenvalue weighted by atomic mass is 10.2. The maximum absolute atomic E-state index is 12.9. The molecule has 3 rings (SSSR count). The fourth-order valence-electron chi connectivity index (χ4n) is 2.52. The Morgan fingerprint density at radius 2 is 1.62 bits per heavy atom. The first-order valence-electron chi connectivity index (χ1n) is 7.92. The van der Waals surface area contributed by atoms with Gasteiger partial charge in [0.2, 0.25) is 0 Å². The Balaban J connectivity index is 1.75. The van der Waals surface area contributed by atoms with Crippen LogP contribution < -0.4 is 10.0 Å². The van der Waals surface area contributed by atoms with Gasteiger partial charge in [-0.25, -0.2) is 17.8 Å². The number of anilines is 3. The van der Waals surface area contributed by atoms with Crippen molar-refractivity contribution in [2.75, 3.05) is 10.0 Å². The molecular formula is C19H18FN3O2S. The maximum Gasteiger partial charge on any atom is 0.262 e. The molecule has 0 radical (unpaired) electrons. The number of hydrogen-bond donors (Lipinski definition) is 2. The number of halogens is 1. The second-order valence-corrected chi connectivity index (χ2v) is 7.59. The number of nitrogens with zero attached hydrogens (tertiary/aromatic N) is 1. The van der Waals surface area contributed by atoms with E-state index in [1.807, 2.05) is 13.0 Å². The van der Waals surface area contributed by atoms with Crippen molar-refractivity contribution < 1.29 is 12.8 Å². The van der Waals surface area contributed by atoms with Crippen LogP contribution in [0.2, 0.25) is 0 Å². The largest absolute Gasteiger partial charge is 0.340 e. The first-order chi connectivity index (χ1) is 12.3. The molecule has 0 atom stereocenters. The summed E-state index contributed by atoms with van der Waals surface area (Å²) in [5.74, 6) is 0.200. The van der Waals surface area contributed by atoms with Crippen molar-refractivity contribution in [1.82, 2.24) is 4.98 Å². The minimum atomic E-state index is -3.69. The molecule has 0 aliphatic rings. The lowest BCUT2D eigenvalue weighted by Crippen LogP contribution is -2.14. The minimum absolute atomic E-state index is 0.233. The van der Waals surface area contributed by atoms with Crippen molar-refractivity contribution in [1.29, 1.82) is 0 Å². The summed E-state index contributed by atoms with van der Waals surface area (Å²) in [7, 11) is -3.69. The Bertz CT molecular complexity index is 1020. The second kappa shape index (κ2) is 7.13. The van der Waals surface area contributed by atoms with E-state index < -0.39 is 10.0 Å². The maximum atomic E-state index is 12.9. The van der Waals surface area contributed by atoms with E-state index in [0.29, 0.717) is 22.8 Å². The van der Waals surface area contributed by atoms with Gasteiger partial charge < -0.3 is 5.32 Å². The van der Waals surface area contributed by atoms with Gasteiger partial charge in [-0.1, -0.05) is 17.7 Å². The van der Waals surface area contributed by atoms with Gasteiger partial charge in [0.1, 0.15) is 11.6 Å². The van der Waals surface area contributed by atoms with Crippen molar-refractivity contribution in [3.8, 4) is 0 Å². The monoisotopic (exact) mass is 371 g/mol. The second-order valence-electron chi connectivity index (χ2n) is 5.94. The molecule has 0 saturated carbocycles. The van der Waals surface area contributed by atoms with Crippen LogP contribution in [-0.4, -0.2) is 13.4 Å². The number of sulfonamides is 1. The molecular weight excluding hydrogens is 353 g/mol. The molecule has 26 heavy (non-hydrogen) atoms. The Kier molecular flexibility index (Phi) is 4.90. The van der Waals surface area contributed by atoms with Crippen molar-refractivity contribution in [3.05, 3.63) is 77.7 Å². The third-order valence-electron chi connectivity index (χ3n) is 3.75. The van der Waals surface area contributed by atoms with E-state index in [0.717, 1.165) is 5.56 Å². The third kappa shape index (κ3) is 4.18.